The Labute approximate surface area is 205 Å². The van der Waals surface area contributed by atoms with Gasteiger partial charge in [0.1, 0.15) is 18.5 Å². The van der Waals surface area contributed by atoms with E-state index in [1.165, 1.54) is 0 Å². The number of aromatic nitrogens is 3. The van der Waals surface area contributed by atoms with E-state index in [1.54, 1.807) is 0 Å². The number of ether oxygens (including phenoxy) is 1. The summed E-state index contributed by atoms with van der Waals surface area (Å²) in [6, 6.07) is 7.73. The highest BCUT2D eigenvalue weighted by molar-refractivity contribution is 5.78. The Kier molecular flexibility index (Phi) is 8.58. The Morgan fingerprint density at radius 2 is 1.74 bits per heavy atom. The van der Waals surface area contributed by atoms with Crippen LogP contribution in [0.15, 0.2) is 28.7 Å². The van der Waals surface area contributed by atoms with Crippen LogP contribution in [-0.2, 0) is 17.6 Å². The second kappa shape index (κ2) is 11.4. The molecule has 0 aliphatic heterocycles. The molecule has 0 saturated heterocycles. The maximum atomic E-state index is 11.0. The second-order valence-electron chi connectivity index (χ2n) is 9.25. The van der Waals surface area contributed by atoms with Crippen molar-refractivity contribution in [3.63, 3.8) is 0 Å². The number of pyridine rings is 1. The molecule has 35 heavy (non-hydrogen) atoms. The quantitative estimate of drug-likeness (QED) is 0.378. The third-order valence-electron chi connectivity index (χ3n) is 5.52. The van der Waals surface area contributed by atoms with Crippen LogP contribution in [0.4, 0.5) is 0 Å². The minimum Gasteiger partial charge on any atom is -0.490 e. The number of benzene rings is 1. The number of carbonyl (C=O) groups is 1. The Bertz CT molecular complexity index is 1170. The fourth-order valence-electron chi connectivity index (χ4n) is 3.90. The minimum absolute atomic E-state index is 0.0810. The Balaban J connectivity index is 1.81. The molecule has 0 radical (unpaired) electrons. The third-order valence-corrected chi connectivity index (χ3v) is 5.52. The molecular weight excluding hydrogens is 448 g/mol. The third kappa shape index (κ3) is 6.86. The first-order valence-electron chi connectivity index (χ1n) is 11.8. The van der Waals surface area contributed by atoms with Crippen LogP contribution in [0.5, 0.6) is 5.75 Å². The van der Waals surface area contributed by atoms with Gasteiger partial charge in [-0.3, -0.25) is 9.78 Å². The molecule has 2 heterocycles. The fraction of sp³-hybridized carbons (Fsp3) is 0.462. The van der Waals surface area contributed by atoms with Crippen molar-refractivity contribution in [3.05, 3.63) is 46.8 Å². The van der Waals surface area contributed by atoms with Gasteiger partial charge < -0.3 is 25.1 Å². The minimum atomic E-state index is -1.42. The van der Waals surface area contributed by atoms with Crippen LogP contribution >= 0.6 is 0 Å². The van der Waals surface area contributed by atoms with Gasteiger partial charge in [-0.05, 0) is 68.0 Å². The summed E-state index contributed by atoms with van der Waals surface area (Å²) in [6.45, 7) is 10.1. The average molecular weight is 483 g/mol. The summed E-state index contributed by atoms with van der Waals surface area (Å²) in [5.74, 6) is 1.07. The average Bonchev–Trinajstić information content (AvgIpc) is 3.27. The smallest absolute Gasteiger partial charge is 0.248 e. The lowest BCUT2D eigenvalue weighted by Crippen LogP contribution is -2.33. The highest BCUT2D eigenvalue weighted by atomic mass is 16.5. The maximum absolute atomic E-state index is 11.0. The molecule has 9 heteroatoms. The van der Waals surface area contributed by atoms with Crippen LogP contribution in [-0.4, -0.2) is 50.1 Å². The van der Waals surface area contributed by atoms with Crippen molar-refractivity contribution in [2.24, 2.45) is 11.7 Å². The predicted molar refractivity (Wildman–Crippen MR) is 132 cm³/mol. The number of aliphatic hydroxyl groups is 2. The summed E-state index contributed by atoms with van der Waals surface area (Å²) < 4.78 is 11.9. The van der Waals surface area contributed by atoms with E-state index < -0.39 is 18.1 Å². The van der Waals surface area contributed by atoms with Gasteiger partial charge in [0.25, 0.3) is 0 Å². The monoisotopic (exact) mass is 482 g/mol. The summed E-state index contributed by atoms with van der Waals surface area (Å²) in [7, 11) is 0. The van der Waals surface area contributed by atoms with Crippen LogP contribution in [0.25, 0.3) is 22.9 Å². The summed E-state index contributed by atoms with van der Waals surface area (Å²) in [4.78, 5) is 15.6. The van der Waals surface area contributed by atoms with Gasteiger partial charge in [0.05, 0.1) is 6.10 Å². The van der Waals surface area contributed by atoms with Crippen molar-refractivity contribution >= 4 is 5.91 Å². The Hall–Kier alpha value is -3.30. The molecule has 0 saturated carbocycles. The fourth-order valence-corrected chi connectivity index (χ4v) is 3.90. The van der Waals surface area contributed by atoms with Gasteiger partial charge in [-0.1, -0.05) is 20.8 Å². The predicted octanol–water partition coefficient (Wildman–Crippen LogP) is 3.15. The number of nitrogens with zero attached hydrogens (tertiary/aromatic N) is 3. The summed E-state index contributed by atoms with van der Waals surface area (Å²) in [5.41, 5.74) is 10.3. The zero-order chi connectivity index (χ0) is 25.7. The zero-order valence-electron chi connectivity index (χ0n) is 20.9. The molecule has 2 atom stereocenters. The largest absolute Gasteiger partial charge is 0.490 e. The van der Waals surface area contributed by atoms with Crippen molar-refractivity contribution in [3.8, 4) is 28.7 Å². The van der Waals surface area contributed by atoms with Gasteiger partial charge in [0, 0.05) is 28.9 Å². The first kappa shape index (κ1) is 26.3. The van der Waals surface area contributed by atoms with E-state index in [0.717, 1.165) is 40.1 Å². The summed E-state index contributed by atoms with van der Waals surface area (Å²) >= 11 is 0. The van der Waals surface area contributed by atoms with E-state index in [1.807, 2.05) is 45.0 Å². The number of aliphatic hydroxyl groups excluding tert-OH is 2. The number of aryl methyl sites for hydroxylation is 3. The van der Waals surface area contributed by atoms with Crippen molar-refractivity contribution in [2.75, 3.05) is 6.61 Å². The van der Waals surface area contributed by atoms with Gasteiger partial charge in [0.15, 0.2) is 0 Å². The van der Waals surface area contributed by atoms with E-state index in [2.05, 4.69) is 29.0 Å². The molecule has 0 spiro atoms. The molecule has 0 fully saturated rings. The lowest BCUT2D eigenvalue weighted by atomic mass is 10.0. The summed E-state index contributed by atoms with van der Waals surface area (Å²) in [6.07, 6.45) is -1.10. The van der Waals surface area contributed by atoms with Gasteiger partial charge >= 0.3 is 0 Å². The molecule has 0 bridgehead atoms. The number of rotatable bonds is 11. The number of nitrogens with two attached hydrogens (primary N) is 1. The van der Waals surface area contributed by atoms with E-state index >= 15 is 0 Å². The van der Waals surface area contributed by atoms with Crippen LogP contribution in [0, 0.1) is 19.8 Å². The number of hydrogen-bond donors (Lipinski definition) is 3. The SMILES string of the molecule is CCc1cc(-c2nnc(-c3cc(C)nc(CC(C)C)c3)o2)cc(C)c1OC[C@@H](O)CC(O)C(N)=O. The van der Waals surface area contributed by atoms with Gasteiger partial charge in [-0.2, -0.15) is 0 Å². The topological polar surface area (TPSA) is 145 Å². The van der Waals surface area contributed by atoms with E-state index in [0.29, 0.717) is 29.9 Å². The lowest BCUT2D eigenvalue weighted by molar-refractivity contribution is -0.127. The highest BCUT2D eigenvalue weighted by Gasteiger charge is 2.20. The summed E-state index contributed by atoms with van der Waals surface area (Å²) in [5, 5.41) is 28.2. The number of carbonyl (C=O) groups excluding carboxylic acids is 1. The molecule has 188 valence electrons. The normalized spacial score (nSPS) is 13.1. The van der Waals surface area contributed by atoms with Crippen LogP contribution < -0.4 is 10.5 Å². The van der Waals surface area contributed by atoms with E-state index in [-0.39, 0.29) is 13.0 Å². The lowest BCUT2D eigenvalue weighted by Gasteiger charge is -2.18. The number of amides is 1. The molecule has 3 aromatic rings. The standard InChI is InChI=1S/C26H34N4O5/c1-6-17-10-18(8-15(4)23(17)34-13-21(31)12-22(32)24(27)33)25-29-30-26(35-25)19-9-16(5)28-20(11-19)7-14(2)3/h8-11,14,21-22,31-32H,6-7,12-13H2,1-5H3,(H2,27,33)/t21-,22?/m0/s1. The van der Waals surface area contributed by atoms with Crippen LogP contribution in [0.2, 0.25) is 0 Å². The molecule has 1 amide bonds. The van der Waals surface area contributed by atoms with Crippen LogP contribution in [0.1, 0.15) is 49.7 Å². The Morgan fingerprint density at radius 3 is 2.34 bits per heavy atom. The molecule has 3 rings (SSSR count). The molecule has 1 unspecified atom stereocenters. The Morgan fingerprint density at radius 1 is 1.09 bits per heavy atom. The molecule has 0 aliphatic rings. The molecule has 0 aliphatic carbocycles. The maximum Gasteiger partial charge on any atom is 0.248 e. The van der Waals surface area contributed by atoms with Crippen molar-refractivity contribution in [2.45, 2.75) is 66.1 Å². The number of primary amides is 1. The van der Waals surface area contributed by atoms with Crippen molar-refractivity contribution < 1.29 is 24.2 Å². The first-order chi connectivity index (χ1) is 16.6. The highest BCUT2D eigenvalue weighted by Crippen LogP contribution is 2.32. The second-order valence-corrected chi connectivity index (χ2v) is 9.25. The molecule has 2 aromatic heterocycles. The first-order valence-corrected chi connectivity index (χ1v) is 11.8. The zero-order valence-corrected chi connectivity index (χ0v) is 20.9. The van der Waals surface area contributed by atoms with Crippen LogP contribution in [0.3, 0.4) is 0 Å². The molecule has 1 aromatic carbocycles. The molecule has 4 N–H and O–H groups in total. The molecule has 9 nitrogen and oxygen atoms in total. The van der Waals surface area contributed by atoms with Gasteiger partial charge in [0.2, 0.25) is 17.7 Å². The van der Waals surface area contributed by atoms with Gasteiger partial charge in [-0.15, -0.1) is 10.2 Å². The van der Waals surface area contributed by atoms with Crippen molar-refractivity contribution in [1.29, 1.82) is 0 Å². The van der Waals surface area contributed by atoms with E-state index in [9.17, 15) is 15.0 Å². The van der Waals surface area contributed by atoms with Gasteiger partial charge in [-0.25, -0.2) is 0 Å². The number of hydrogen-bond acceptors (Lipinski definition) is 8. The molecular formula is C26H34N4O5. The van der Waals surface area contributed by atoms with Crippen molar-refractivity contribution in [1.82, 2.24) is 15.2 Å². The van der Waals surface area contributed by atoms with E-state index in [4.69, 9.17) is 14.9 Å².